The molecule has 5 nitrogen and oxygen atoms in total. The van der Waals surface area contributed by atoms with Crippen LogP contribution in [0.5, 0.6) is 5.75 Å². The van der Waals surface area contributed by atoms with Crippen molar-refractivity contribution in [3.63, 3.8) is 0 Å². The van der Waals surface area contributed by atoms with Crippen LogP contribution in [0.3, 0.4) is 0 Å². The Hall–Kier alpha value is -1.43. The molecule has 0 aromatic heterocycles. The van der Waals surface area contributed by atoms with Crippen LogP contribution >= 0.6 is 0 Å². The minimum Gasteiger partial charge on any atom is -0.508 e. The fourth-order valence-corrected chi connectivity index (χ4v) is 1.27. The molecule has 0 bridgehead atoms. The summed E-state index contributed by atoms with van der Waals surface area (Å²) in [6, 6.07) is 3.92. The van der Waals surface area contributed by atoms with Gasteiger partial charge in [-0.2, -0.15) is 0 Å². The summed E-state index contributed by atoms with van der Waals surface area (Å²) in [6.07, 6.45) is -1.86. The molecule has 0 spiro atoms. The molecular formula is C10H13NO4. The summed E-state index contributed by atoms with van der Waals surface area (Å²) in [7, 11) is 0. The number of hydrogen-bond acceptors (Lipinski definition) is 5. The summed E-state index contributed by atoms with van der Waals surface area (Å²) in [4.78, 5) is 10.7. The molecule has 15 heavy (non-hydrogen) atoms. The van der Waals surface area contributed by atoms with Crippen LogP contribution in [0.1, 0.15) is 22.0 Å². The van der Waals surface area contributed by atoms with Crippen LogP contribution in [0.15, 0.2) is 18.2 Å². The highest BCUT2D eigenvalue weighted by Crippen LogP contribution is 2.23. The SMILES string of the molecule is NCC(O)C(O)c1ccc(O)cc1C=O. The van der Waals surface area contributed by atoms with Gasteiger partial charge in [-0.1, -0.05) is 6.07 Å². The minimum atomic E-state index is -1.23. The zero-order chi connectivity index (χ0) is 11.4. The Kier molecular flexibility index (Phi) is 3.79. The van der Waals surface area contributed by atoms with Gasteiger partial charge in [0.05, 0.1) is 6.10 Å². The maximum atomic E-state index is 10.7. The number of rotatable bonds is 4. The molecule has 5 heteroatoms. The Morgan fingerprint density at radius 1 is 1.40 bits per heavy atom. The van der Waals surface area contributed by atoms with Gasteiger partial charge in [-0.05, 0) is 17.7 Å². The average Bonchev–Trinajstić information content (AvgIpc) is 2.26. The normalized spacial score (nSPS) is 14.6. The zero-order valence-corrected chi connectivity index (χ0v) is 8.00. The van der Waals surface area contributed by atoms with Gasteiger partial charge in [0, 0.05) is 12.1 Å². The summed E-state index contributed by atoms with van der Waals surface area (Å²) >= 11 is 0. The maximum Gasteiger partial charge on any atom is 0.150 e. The van der Waals surface area contributed by atoms with Gasteiger partial charge in [-0.3, -0.25) is 4.79 Å². The van der Waals surface area contributed by atoms with E-state index in [1.165, 1.54) is 18.2 Å². The van der Waals surface area contributed by atoms with E-state index >= 15 is 0 Å². The first-order valence-electron chi connectivity index (χ1n) is 4.44. The lowest BCUT2D eigenvalue weighted by Crippen LogP contribution is -2.27. The molecule has 0 fully saturated rings. The Morgan fingerprint density at radius 3 is 2.60 bits per heavy atom. The van der Waals surface area contributed by atoms with Gasteiger partial charge in [-0.25, -0.2) is 0 Å². The maximum absolute atomic E-state index is 10.7. The molecule has 1 aromatic rings. The van der Waals surface area contributed by atoms with Gasteiger partial charge in [0.25, 0.3) is 0 Å². The van der Waals surface area contributed by atoms with Crippen LogP contribution in [0, 0.1) is 0 Å². The number of aldehydes is 1. The number of carbonyl (C=O) groups excluding carboxylic acids is 1. The molecule has 0 aliphatic carbocycles. The molecule has 1 aromatic carbocycles. The van der Waals surface area contributed by atoms with E-state index in [9.17, 15) is 15.0 Å². The summed E-state index contributed by atoms with van der Waals surface area (Å²) in [5.74, 6) is -0.0738. The largest absolute Gasteiger partial charge is 0.508 e. The summed E-state index contributed by atoms with van der Waals surface area (Å²) in [6.45, 7) is -0.111. The molecule has 0 amide bonds. The van der Waals surface area contributed by atoms with Gasteiger partial charge < -0.3 is 21.1 Å². The molecule has 0 saturated heterocycles. The standard InChI is InChI=1S/C10H13NO4/c11-4-9(14)10(15)8-2-1-7(13)3-6(8)5-12/h1-3,5,9-10,13-15H,4,11H2. The zero-order valence-electron chi connectivity index (χ0n) is 8.00. The lowest BCUT2D eigenvalue weighted by atomic mass is 9.99. The first-order valence-corrected chi connectivity index (χ1v) is 4.44. The second kappa shape index (κ2) is 4.88. The first-order chi connectivity index (χ1) is 7.10. The molecule has 5 N–H and O–H groups in total. The van der Waals surface area contributed by atoms with Crippen molar-refractivity contribution in [2.75, 3.05) is 6.54 Å². The van der Waals surface area contributed by atoms with Crippen LogP contribution in [-0.2, 0) is 0 Å². The highest BCUT2D eigenvalue weighted by Gasteiger charge is 2.19. The highest BCUT2D eigenvalue weighted by atomic mass is 16.3. The number of aliphatic hydroxyl groups is 2. The highest BCUT2D eigenvalue weighted by molar-refractivity contribution is 5.78. The van der Waals surface area contributed by atoms with E-state index in [-0.39, 0.29) is 23.4 Å². The van der Waals surface area contributed by atoms with Crippen molar-refractivity contribution in [3.8, 4) is 5.75 Å². The molecule has 2 unspecified atom stereocenters. The quantitative estimate of drug-likeness (QED) is 0.505. The fraction of sp³-hybridized carbons (Fsp3) is 0.300. The van der Waals surface area contributed by atoms with Crippen LogP contribution in [0.2, 0.25) is 0 Å². The summed E-state index contributed by atoms with van der Waals surface area (Å²) < 4.78 is 0. The fourth-order valence-electron chi connectivity index (χ4n) is 1.27. The van der Waals surface area contributed by atoms with Crippen molar-refractivity contribution < 1.29 is 20.1 Å². The molecule has 0 aliphatic rings. The van der Waals surface area contributed by atoms with Crippen LogP contribution in [0.4, 0.5) is 0 Å². The number of carbonyl (C=O) groups is 1. The topological polar surface area (TPSA) is 104 Å². The number of phenolic OH excluding ortho intramolecular Hbond substituents is 1. The van der Waals surface area contributed by atoms with Gasteiger partial charge in [0.1, 0.15) is 11.9 Å². The lowest BCUT2D eigenvalue weighted by Gasteiger charge is -2.17. The Bertz CT molecular complexity index is 353. The van der Waals surface area contributed by atoms with Crippen molar-refractivity contribution in [1.82, 2.24) is 0 Å². The average molecular weight is 211 g/mol. The summed E-state index contributed by atoms with van der Waals surface area (Å²) in [5.41, 5.74) is 5.57. The van der Waals surface area contributed by atoms with E-state index in [4.69, 9.17) is 10.8 Å². The molecule has 0 radical (unpaired) electrons. The minimum absolute atomic E-state index is 0.0738. The third-order valence-electron chi connectivity index (χ3n) is 2.12. The Morgan fingerprint density at radius 2 is 2.07 bits per heavy atom. The number of phenols is 1. The third kappa shape index (κ3) is 2.53. The van der Waals surface area contributed by atoms with Gasteiger partial charge in [0.15, 0.2) is 6.29 Å². The predicted octanol–water partition coefficient (Wildman–Crippen LogP) is -0.442. The second-order valence-electron chi connectivity index (χ2n) is 3.18. The molecular weight excluding hydrogens is 198 g/mol. The van der Waals surface area contributed by atoms with Crippen molar-refractivity contribution in [1.29, 1.82) is 0 Å². The van der Waals surface area contributed by atoms with Crippen molar-refractivity contribution in [3.05, 3.63) is 29.3 Å². The Balaban J connectivity index is 3.07. The second-order valence-corrected chi connectivity index (χ2v) is 3.18. The van der Waals surface area contributed by atoms with Crippen LogP contribution in [-0.4, -0.2) is 34.3 Å². The number of benzene rings is 1. The molecule has 0 saturated carbocycles. The molecule has 0 aliphatic heterocycles. The van der Waals surface area contributed by atoms with Gasteiger partial charge >= 0.3 is 0 Å². The summed E-state index contributed by atoms with van der Waals surface area (Å²) in [5, 5.41) is 28.1. The van der Waals surface area contributed by atoms with E-state index < -0.39 is 12.2 Å². The van der Waals surface area contributed by atoms with E-state index in [2.05, 4.69) is 0 Å². The van der Waals surface area contributed by atoms with E-state index in [0.717, 1.165) is 0 Å². The number of nitrogens with two attached hydrogens (primary N) is 1. The van der Waals surface area contributed by atoms with Crippen LogP contribution in [0.25, 0.3) is 0 Å². The van der Waals surface area contributed by atoms with Crippen LogP contribution < -0.4 is 5.73 Å². The van der Waals surface area contributed by atoms with Gasteiger partial charge in [0.2, 0.25) is 0 Å². The Labute approximate surface area is 86.8 Å². The molecule has 0 heterocycles. The van der Waals surface area contributed by atoms with Gasteiger partial charge in [-0.15, -0.1) is 0 Å². The van der Waals surface area contributed by atoms with E-state index in [1.54, 1.807) is 0 Å². The number of aliphatic hydroxyl groups excluding tert-OH is 2. The predicted molar refractivity (Wildman–Crippen MR) is 53.5 cm³/mol. The van der Waals surface area contributed by atoms with E-state index in [1.807, 2.05) is 0 Å². The monoisotopic (exact) mass is 211 g/mol. The number of hydrogen-bond donors (Lipinski definition) is 4. The smallest absolute Gasteiger partial charge is 0.150 e. The third-order valence-corrected chi connectivity index (χ3v) is 2.12. The molecule has 82 valence electrons. The molecule has 1 rings (SSSR count). The van der Waals surface area contributed by atoms with Crippen molar-refractivity contribution in [2.45, 2.75) is 12.2 Å². The van der Waals surface area contributed by atoms with Crippen molar-refractivity contribution in [2.24, 2.45) is 5.73 Å². The number of aromatic hydroxyl groups is 1. The first kappa shape index (κ1) is 11.6. The van der Waals surface area contributed by atoms with Crippen molar-refractivity contribution >= 4 is 6.29 Å². The lowest BCUT2D eigenvalue weighted by molar-refractivity contribution is 0.0239. The molecule has 2 atom stereocenters. The van der Waals surface area contributed by atoms with E-state index in [0.29, 0.717) is 6.29 Å².